The van der Waals surface area contributed by atoms with Gasteiger partial charge in [0.1, 0.15) is 5.75 Å². The number of phenols is 1. The van der Waals surface area contributed by atoms with Crippen LogP contribution in [0.2, 0.25) is 0 Å². The second kappa shape index (κ2) is 5.62. The smallest absolute Gasteiger partial charge is 0.116 e. The minimum absolute atomic E-state index is 0.0594. The molecular weight excluding hydrogens is 286 g/mol. The van der Waals surface area contributed by atoms with Crippen molar-refractivity contribution in [2.45, 2.75) is 24.9 Å². The maximum Gasteiger partial charge on any atom is 0.116 e. The van der Waals surface area contributed by atoms with E-state index in [0.717, 1.165) is 36.0 Å². The molecule has 1 aromatic carbocycles. The number of fused-ring (bicyclic) bond motifs is 4. The van der Waals surface area contributed by atoms with Gasteiger partial charge in [-0.2, -0.15) is 0 Å². The van der Waals surface area contributed by atoms with Crippen LogP contribution in [0.3, 0.4) is 0 Å². The average Bonchev–Trinajstić information content (AvgIpc) is 2.60. The van der Waals surface area contributed by atoms with Crippen molar-refractivity contribution in [2.24, 2.45) is 17.6 Å². The Morgan fingerprint density at radius 2 is 2.26 bits per heavy atom. The fourth-order valence-electron chi connectivity index (χ4n) is 4.40. The highest BCUT2D eigenvalue weighted by Crippen LogP contribution is 2.41. The Morgan fingerprint density at radius 1 is 1.39 bits per heavy atom. The van der Waals surface area contributed by atoms with Crippen LogP contribution in [-0.4, -0.2) is 34.1 Å². The van der Waals surface area contributed by atoms with E-state index in [-0.39, 0.29) is 11.8 Å². The maximum absolute atomic E-state index is 9.83. The van der Waals surface area contributed by atoms with Gasteiger partial charge in [0.05, 0.1) is 5.52 Å². The number of aromatic nitrogens is 1. The minimum Gasteiger partial charge on any atom is -0.508 e. The van der Waals surface area contributed by atoms with Gasteiger partial charge in [0, 0.05) is 30.2 Å². The summed E-state index contributed by atoms with van der Waals surface area (Å²) in [6, 6.07) is 7.60. The molecule has 4 heterocycles. The number of aromatic hydroxyl groups is 1. The Labute approximate surface area is 136 Å². The van der Waals surface area contributed by atoms with Crippen molar-refractivity contribution < 1.29 is 5.11 Å². The van der Waals surface area contributed by atoms with Crippen molar-refractivity contribution in [3.8, 4) is 5.75 Å². The lowest BCUT2D eigenvalue weighted by atomic mass is 9.73. The fraction of sp³-hybridized carbons (Fsp3) is 0.421. The van der Waals surface area contributed by atoms with E-state index in [9.17, 15) is 5.11 Å². The Hall–Kier alpha value is -1.91. The van der Waals surface area contributed by atoms with E-state index < -0.39 is 0 Å². The maximum atomic E-state index is 9.83. The highest BCUT2D eigenvalue weighted by molar-refractivity contribution is 5.83. The molecule has 2 aromatic rings. The van der Waals surface area contributed by atoms with Crippen molar-refractivity contribution in [3.63, 3.8) is 0 Å². The molecule has 120 valence electrons. The summed E-state index contributed by atoms with van der Waals surface area (Å²) in [6.07, 6.45) is 6.30. The molecule has 3 aliphatic heterocycles. The predicted molar refractivity (Wildman–Crippen MR) is 92.1 cm³/mol. The van der Waals surface area contributed by atoms with E-state index in [4.69, 9.17) is 5.73 Å². The topological polar surface area (TPSA) is 62.4 Å². The highest BCUT2D eigenvalue weighted by Gasteiger charge is 2.41. The molecule has 1 unspecified atom stereocenters. The van der Waals surface area contributed by atoms with Crippen molar-refractivity contribution >= 4 is 10.9 Å². The van der Waals surface area contributed by atoms with Crippen molar-refractivity contribution in [3.05, 3.63) is 48.7 Å². The Balaban J connectivity index is 1.69. The summed E-state index contributed by atoms with van der Waals surface area (Å²) in [4.78, 5) is 6.91. The molecule has 5 rings (SSSR count). The first-order valence-electron chi connectivity index (χ1n) is 8.37. The summed E-state index contributed by atoms with van der Waals surface area (Å²) in [5.74, 6) is 1.57. The lowest BCUT2D eigenvalue weighted by molar-refractivity contribution is 0.00749. The van der Waals surface area contributed by atoms with Gasteiger partial charge in [-0.25, -0.2) is 0 Å². The number of nitrogens with two attached hydrogens (primary N) is 1. The molecule has 4 heteroatoms. The molecular formula is C19H23N3O. The molecule has 0 radical (unpaired) electrons. The molecule has 23 heavy (non-hydrogen) atoms. The van der Waals surface area contributed by atoms with Gasteiger partial charge in [0.2, 0.25) is 0 Å². The van der Waals surface area contributed by atoms with Gasteiger partial charge >= 0.3 is 0 Å². The quantitative estimate of drug-likeness (QED) is 0.856. The van der Waals surface area contributed by atoms with Crippen LogP contribution in [0.5, 0.6) is 5.75 Å². The van der Waals surface area contributed by atoms with Gasteiger partial charge in [0.15, 0.2) is 0 Å². The molecule has 3 aliphatic rings. The molecule has 4 nitrogen and oxygen atoms in total. The van der Waals surface area contributed by atoms with Crippen LogP contribution in [0.25, 0.3) is 10.9 Å². The van der Waals surface area contributed by atoms with Crippen LogP contribution in [0.1, 0.15) is 24.4 Å². The normalized spacial score (nSPS) is 31.2. The van der Waals surface area contributed by atoms with Crippen molar-refractivity contribution in [1.29, 1.82) is 0 Å². The lowest BCUT2D eigenvalue weighted by Crippen LogP contribution is -2.56. The first-order valence-corrected chi connectivity index (χ1v) is 8.37. The van der Waals surface area contributed by atoms with Gasteiger partial charge in [-0.15, -0.1) is 6.58 Å². The number of phenolic OH excluding ortho intramolecular Hbond substituents is 1. The Morgan fingerprint density at radius 3 is 3.00 bits per heavy atom. The molecule has 3 N–H and O–H groups in total. The highest BCUT2D eigenvalue weighted by atomic mass is 16.3. The second-order valence-electron chi connectivity index (χ2n) is 6.87. The Bertz CT molecular complexity index is 744. The van der Waals surface area contributed by atoms with Gasteiger partial charge in [-0.05, 0) is 61.1 Å². The van der Waals surface area contributed by atoms with Crippen LogP contribution < -0.4 is 5.73 Å². The fourth-order valence-corrected chi connectivity index (χ4v) is 4.40. The van der Waals surface area contributed by atoms with E-state index in [0.29, 0.717) is 17.9 Å². The van der Waals surface area contributed by atoms with E-state index in [2.05, 4.69) is 22.5 Å². The third kappa shape index (κ3) is 2.42. The van der Waals surface area contributed by atoms with Crippen molar-refractivity contribution in [2.75, 3.05) is 13.1 Å². The summed E-state index contributed by atoms with van der Waals surface area (Å²) in [7, 11) is 0. The summed E-state index contributed by atoms with van der Waals surface area (Å²) in [5, 5.41) is 10.8. The number of nitrogens with zero attached hydrogens (tertiary/aromatic N) is 2. The van der Waals surface area contributed by atoms with Crippen LogP contribution in [-0.2, 0) is 0 Å². The molecule has 0 aliphatic carbocycles. The number of benzene rings is 1. The average molecular weight is 309 g/mol. The number of hydrogen-bond donors (Lipinski definition) is 2. The zero-order valence-electron chi connectivity index (χ0n) is 13.2. The molecule has 3 fully saturated rings. The molecule has 0 saturated carbocycles. The molecule has 1 aromatic heterocycles. The number of rotatable bonds is 3. The van der Waals surface area contributed by atoms with Gasteiger partial charge < -0.3 is 10.8 Å². The predicted octanol–water partition coefficient (Wildman–Crippen LogP) is 2.84. The molecule has 3 saturated heterocycles. The van der Waals surface area contributed by atoms with Gasteiger partial charge in [0.25, 0.3) is 0 Å². The molecule has 0 spiro atoms. The third-order valence-electron chi connectivity index (χ3n) is 5.69. The SMILES string of the molecule is C=C[C@H]1C[N@@]2CCC1C[C@H]2[C@@H](N)c1ccnc2ccc(O)cc12. The minimum atomic E-state index is -0.0594. The summed E-state index contributed by atoms with van der Waals surface area (Å²) in [5.41, 5.74) is 8.65. The van der Waals surface area contributed by atoms with Crippen LogP contribution in [0.4, 0.5) is 0 Å². The van der Waals surface area contributed by atoms with Crippen molar-refractivity contribution in [1.82, 2.24) is 9.88 Å². The first kappa shape index (κ1) is 14.7. The van der Waals surface area contributed by atoms with E-state index in [1.807, 2.05) is 18.3 Å². The number of hydrogen-bond acceptors (Lipinski definition) is 4. The Kier molecular flexibility index (Phi) is 3.58. The zero-order chi connectivity index (χ0) is 16.0. The largest absolute Gasteiger partial charge is 0.508 e. The van der Waals surface area contributed by atoms with Gasteiger partial charge in [-0.1, -0.05) is 6.08 Å². The van der Waals surface area contributed by atoms with Crippen LogP contribution >= 0.6 is 0 Å². The summed E-state index contributed by atoms with van der Waals surface area (Å²) >= 11 is 0. The van der Waals surface area contributed by atoms with Crippen LogP contribution in [0.15, 0.2) is 43.1 Å². The number of piperidine rings is 3. The standard InChI is InChI=1S/C19H23N3O/c1-2-12-11-22-8-6-13(12)9-18(22)19(20)15-5-7-21-17-4-3-14(23)10-16(15)17/h2-5,7,10,12-13,18-19,23H,1,6,8-9,11,20H2/t12-,13?,18-,19-/m0/s1. The van der Waals surface area contributed by atoms with E-state index >= 15 is 0 Å². The lowest BCUT2D eigenvalue weighted by Gasteiger charge is -2.51. The summed E-state index contributed by atoms with van der Waals surface area (Å²) in [6.45, 7) is 6.18. The van der Waals surface area contributed by atoms with Crippen LogP contribution in [0, 0.1) is 11.8 Å². The van der Waals surface area contributed by atoms with E-state index in [1.54, 1.807) is 12.1 Å². The monoisotopic (exact) mass is 309 g/mol. The number of pyridine rings is 1. The van der Waals surface area contributed by atoms with E-state index in [1.165, 1.54) is 6.42 Å². The third-order valence-corrected chi connectivity index (χ3v) is 5.69. The molecule has 5 atom stereocenters. The molecule has 2 bridgehead atoms. The second-order valence-corrected chi connectivity index (χ2v) is 6.87. The molecule has 0 amide bonds. The zero-order valence-corrected chi connectivity index (χ0v) is 13.2. The first-order chi connectivity index (χ1) is 11.2. The van der Waals surface area contributed by atoms with Gasteiger partial charge in [-0.3, -0.25) is 9.88 Å². The summed E-state index contributed by atoms with van der Waals surface area (Å²) < 4.78 is 0.